The van der Waals surface area contributed by atoms with E-state index in [-0.39, 0.29) is 0 Å². The van der Waals surface area contributed by atoms with Crippen molar-refractivity contribution in [3.8, 4) is 6.07 Å². The van der Waals surface area contributed by atoms with Gasteiger partial charge >= 0.3 is 0 Å². The molecule has 3 heterocycles. The van der Waals surface area contributed by atoms with Crippen molar-refractivity contribution in [1.82, 2.24) is 14.9 Å². The average Bonchev–Trinajstić information content (AvgIpc) is 3.41. The fourth-order valence-corrected chi connectivity index (χ4v) is 4.19. The number of aromatic nitrogens is 2. The quantitative estimate of drug-likeness (QED) is 0.556. The monoisotopic (exact) mass is 405 g/mol. The molecule has 1 aliphatic heterocycles. The van der Waals surface area contributed by atoms with Crippen molar-refractivity contribution >= 4 is 22.3 Å². The standard InChI is InChI=1S/C22H23N5OS/c23-14-18-15-24-22(29-18)26-21-10-4-8-19(25-21)20-9-5-11-27(20)12-13-28-16-17-6-2-1-3-7-17/h1-4,6-8,10,15,20H,5,9,11-13,16H2,(H,24,25,26)/t20-/m0/s1. The number of nitrogens with zero attached hydrogens (tertiary/aromatic N) is 4. The van der Waals surface area contributed by atoms with Gasteiger partial charge in [-0.3, -0.25) is 4.90 Å². The van der Waals surface area contributed by atoms with E-state index in [0.29, 0.717) is 29.3 Å². The third kappa shape index (κ3) is 5.18. The Morgan fingerprint density at radius 1 is 1.21 bits per heavy atom. The maximum atomic E-state index is 8.95. The van der Waals surface area contributed by atoms with Crippen molar-refractivity contribution in [1.29, 1.82) is 5.26 Å². The summed E-state index contributed by atoms with van der Waals surface area (Å²) >= 11 is 1.33. The minimum atomic E-state index is 0.308. The van der Waals surface area contributed by atoms with Crippen molar-refractivity contribution < 1.29 is 4.74 Å². The molecule has 0 amide bonds. The molecule has 148 valence electrons. The van der Waals surface area contributed by atoms with E-state index in [1.807, 2.05) is 30.3 Å². The maximum Gasteiger partial charge on any atom is 0.189 e. The molecule has 0 bridgehead atoms. The van der Waals surface area contributed by atoms with Crippen LogP contribution < -0.4 is 5.32 Å². The van der Waals surface area contributed by atoms with Crippen LogP contribution in [0.4, 0.5) is 10.9 Å². The number of pyridine rings is 1. The van der Waals surface area contributed by atoms with Crippen LogP contribution in [0.5, 0.6) is 0 Å². The Morgan fingerprint density at radius 3 is 2.93 bits per heavy atom. The van der Waals surface area contributed by atoms with Crippen LogP contribution in [0.3, 0.4) is 0 Å². The zero-order chi connectivity index (χ0) is 19.9. The second kappa shape index (κ2) is 9.61. The number of hydrogen-bond acceptors (Lipinski definition) is 7. The van der Waals surface area contributed by atoms with Gasteiger partial charge in [-0.25, -0.2) is 9.97 Å². The van der Waals surface area contributed by atoms with Crippen LogP contribution in [-0.2, 0) is 11.3 Å². The zero-order valence-electron chi connectivity index (χ0n) is 16.1. The predicted octanol–water partition coefficient (Wildman–Crippen LogP) is 4.51. The number of benzene rings is 1. The molecule has 1 atom stereocenters. The van der Waals surface area contributed by atoms with E-state index in [4.69, 9.17) is 15.0 Å². The van der Waals surface area contributed by atoms with Crippen LogP contribution >= 0.6 is 11.3 Å². The van der Waals surface area contributed by atoms with E-state index in [2.05, 4.69) is 39.5 Å². The number of anilines is 2. The molecule has 4 rings (SSSR count). The molecule has 29 heavy (non-hydrogen) atoms. The summed E-state index contributed by atoms with van der Waals surface area (Å²) in [6.07, 6.45) is 3.84. The molecule has 0 aliphatic carbocycles. The molecule has 3 aromatic rings. The maximum absolute atomic E-state index is 8.95. The molecule has 1 saturated heterocycles. The van der Waals surface area contributed by atoms with Crippen LogP contribution in [0, 0.1) is 11.3 Å². The topological polar surface area (TPSA) is 74.1 Å². The van der Waals surface area contributed by atoms with E-state index < -0.39 is 0 Å². The van der Waals surface area contributed by atoms with Gasteiger partial charge in [-0.05, 0) is 37.1 Å². The number of thiazole rings is 1. The molecular weight excluding hydrogens is 382 g/mol. The lowest BCUT2D eigenvalue weighted by Gasteiger charge is -2.24. The average molecular weight is 406 g/mol. The summed E-state index contributed by atoms with van der Waals surface area (Å²) in [4.78, 5) is 12.1. The smallest absolute Gasteiger partial charge is 0.189 e. The highest BCUT2D eigenvalue weighted by Gasteiger charge is 2.26. The van der Waals surface area contributed by atoms with Crippen molar-refractivity contribution in [2.45, 2.75) is 25.5 Å². The lowest BCUT2D eigenvalue weighted by molar-refractivity contribution is 0.0882. The van der Waals surface area contributed by atoms with E-state index in [0.717, 1.165) is 31.0 Å². The van der Waals surface area contributed by atoms with Gasteiger partial charge in [0.1, 0.15) is 16.8 Å². The Hall–Kier alpha value is -2.79. The van der Waals surface area contributed by atoms with Gasteiger partial charge < -0.3 is 10.1 Å². The molecule has 1 aliphatic rings. The van der Waals surface area contributed by atoms with Crippen molar-refractivity contribution in [2.24, 2.45) is 0 Å². The van der Waals surface area contributed by atoms with Crippen LogP contribution in [-0.4, -0.2) is 34.6 Å². The number of hydrogen-bond donors (Lipinski definition) is 1. The van der Waals surface area contributed by atoms with Crippen LogP contribution in [0.15, 0.2) is 54.7 Å². The first-order chi connectivity index (χ1) is 14.3. The molecular formula is C22H23N5OS. The summed E-state index contributed by atoms with van der Waals surface area (Å²) < 4.78 is 5.87. The molecule has 1 fully saturated rings. The summed E-state index contributed by atoms with van der Waals surface area (Å²) in [5, 5.41) is 12.8. The molecule has 2 aromatic heterocycles. The normalized spacial score (nSPS) is 16.6. The number of ether oxygens (including phenoxy) is 1. The summed E-state index contributed by atoms with van der Waals surface area (Å²) in [6, 6.07) is 18.7. The van der Waals surface area contributed by atoms with Gasteiger partial charge in [-0.1, -0.05) is 47.7 Å². The van der Waals surface area contributed by atoms with Crippen molar-refractivity contribution in [3.63, 3.8) is 0 Å². The molecule has 1 aromatic carbocycles. The first kappa shape index (κ1) is 19.5. The highest BCUT2D eigenvalue weighted by molar-refractivity contribution is 7.16. The molecule has 1 N–H and O–H groups in total. The van der Waals surface area contributed by atoms with Gasteiger partial charge in [-0.15, -0.1) is 0 Å². The number of nitrogens with one attached hydrogen (secondary N) is 1. The lowest BCUT2D eigenvalue weighted by atomic mass is 10.1. The fraction of sp³-hybridized carbons (Fsp3) is 0.318. The third-order valence-corrected chi connectivity index (χ3v) is 5.78. The Labute approximate surface area is 174 Å². The Morgan fingerprint density at radius 2 is 2.10 bits per heavy atom. The van der Waals surface area contributed by atoms with Crippen LogP contribution in [0.2, 0.25) is 0 Å². The number of likely N-dealkylation sites (tertiary alicyclic amines) is 1. The Bertz CT molecular complexity index is 969. The van der Waals surface area contributed by atoms with Crippen molar-refractivity contribution in [3.05, 3.63) is 70.9 Å². The van der Waals surface area contributed by atoms with Crippen LogP contribution in [0.25, 0.3) is 0 Å². The molecule has 0 spiro atoms. The summed E-state index contributed by atoms with van der Waals surface area (Å²) in [5.41, 5.74) is 2.26. The van der Waals surface area contributed by atoms with Gasteiger partial charge in [0.25, 0.3) is 0 Å². The first-order valence-corrected chi connectivity index (χ1v) is 10.6. The summed E-state index contributed by atoms with van der Waals surface area (Å²) in [7, 11) is 0. The predicted molar refractivity (Wildman–Crippen MR) is 114 cm³/mol. The Balaban J connectivity index is 1.33. The number of rotatable bonds is 8. The molecule has 7 heteroatoms. The van der Waals surface area contributed by atoms with E-state index >= 15 is 0 Å². The van der Waals surface area contributed by atoms with Gasteiger partial charge in [0.15, 0.2) is 5.13 Å². The van der Waals surface area contributed by atoms with Gasteiger partial charge in [0.05, 0.1) is 31.1 Å². The largest absolute Gasteiger partial charge is 0.375 e. The van der Waals surface area contributed by atoms with Crippen LogP contribution in [0.1, 0.15) is 35.0 Å². The van der Waals surface area contributed by atoms with Gasteiger partial charge in [-0.2, -0.15) is 5.26 Å². The highest BCUT2D eigenvalue weighted by Crippen LogP contribution is 2.31. The van der Waals surface area contributed by atoms with E-state index in [9.17, 15) is 0 Å². The summed E-state index contributed by atoms with van der Waals surface area (Å²) in [6.45, 7) is 3.32. The second-order valence-corrected chi connectivity index (χ2v) is 7.98. The molecule has 0 unspecified atom stereocenters. The van der Waals surface area contributed by atoms with E-state index in [1.54, 1.807) is 6.20 Å². The van der Waals surface area contributed by atoms with Gasteiger partial charge in [0, 0.05) is 6.54 Å². The summed E-state index contributed by atoms with van der Waals surface area (Å²) in [5.74, 6) is 0.758. The minimum Gasteiger partial charge on any atom is -0.375 e. The molecule has 0 radical (unpaired) electrons. The zero-order valence-corrected chi connectivity index (χ0v) is 16.9. The number of nitriles is 1. The third-order valence-electron chi connectivity index (χ3n) is 4.96. The van der Waals surface area contributed by atoms with Gasteiger partial charge in [0.2, 0.25) is 0 Å². The molecule has 6 nitrogen and oxygen atoms in total. The lowest BCUT2D eigenvalue weighted by Crippen LogP contribution is -2.27. The fourth-order valence-electron chi connectivity index (χ4n) is 3.57. The first-order valence-electron chi connectivity index (χ1n) is 9.77. The highest BCUT2D eigenvalue weighted by atomic mass is 32.1. The minimum absolute atomic E-state index is 0.308. The van der Waals surface area contributed by atoms with Crippen molar-refractivity contribution in [2.75, 3.05) is 25.0 Å². The SMILES string of the molecule is N#Cc1cnc(Nc2cccc([C@@H]3CCCN3CCOCc3ccccc3)n2)s1. The molecule has 0 saturated carbocycles. The van der Waals surface area contributed by atoms with E-state index in [1.165, 1.54) is 23.3 Å². The second-order valence-electron chi connectivity index (χ2n) is 6.95. The Kier molecular flexibility index (Phi) is 6.47.